The first-order chi connectivity index (χ1) is 10.4. The van der Waals surface area contributed by atoms with E-state index in [2.05, 4.69) is 5.32 Å². The normalized spacial score (nSPS) is 10.4. The second-order valence-corrected chi connectivity index (χ2v) is 5.01. The molecule has 0 aliphatic heterocycles. The number of benzene rings is 1. The van der Waals surface area contributed by atoms with Crippen LogP contribution in [0.4, 0.5) is 10.1 Å². The van der Waals surface area contributed by atoms with Crippen LogP contribution in [0.1, 0.15) is 21.9 Å². The predicted molar refractivity (Wildman–Crippen MR) is 78.5 cm³/mol. The fourth-order valence-corrected chi connectivity index (χ4v) is 1.99. The lowest BCUT2D eigenvalue weighted by Crippen LogP contribution is -2.21. The summed E-state index contributed by atoms with van der Waals surface area (Å²) in [6.45, 7) is 2.76. The van der Waals surface area contributed by atoms with E-state index in [1.54, 1.807) is 13.8 Å². The number of rotatable bonds is 4. The number of carbonyl (C=O) groups is 2. The summed E-state index contributed by atoms with van der Waals surface area (Å²) in [5.41, 5.74) is 0.170. The third kappa shape index (κ3) is 3.85. The van der Waals surface area contributed by atoms with E-state index in [0.29, 0.717) is 11.5 Å². The molecule has 1 N–H and O–H groups in total. The van der Waals surface area contributed by atoms with Crippen molar-refractivity contribution in [2.24, 2.45) is 0 Å². The molecule has 1 amide bonds. The summed E-state index contributed by atoms with van der Waals surface area (Å²) >= 11 is 5.71. The van der Waals surface area contributed by atoms with Gasteiger partial charge < -0.3 is 14.5 Å². The minimum absolute atomic E-state index is 0.0797. The van der Waals surface area contributed by atoms with Crippen LogP contribution in [0, 0.1) is 19.7 Å². The molecule has 5 nitrogen and oxygen atoms in total. The highest BCUT2D eigenvalue weighted by molar-refractivity contribution is 6.30. The fourth-order valence-electron chi connectivity index (χ4n) is 1.82. The maximum atomic E-state index is 13.5. The van der Waals surface area contributed by atoms with Gasteiger partial charge in [-0.25, -0.2) is 9.18 Å². The largest absolute Gasteiger partial charge is 0.466 e. The first kappa shape index (κ1) is 16.0. The SMILES string of the molecule is Cc1cc(C(=O)OCC(=O)Nc2cc(Cl)ccc2F)c(C)o1. The molecule has 0 aliphatic carbocycles. The summed E-state index contributed by atoms with van der Waals surface area (Å²) < 4.78 is 23.5. The number of carbonyl (C=O) groups excluding carboxylic acids is 2. The Morgan fingerprint density at radius 1 is 1.32 bits per heavy atom. The van der Waals surface area contributed by atoms with Gasteiger partial charge in [0.2, 0.25) is 0 Å². The minimum Gasteiger partial charge on any atom is -0.466 e. The van der Waals surface area contributed by atoms with E-state index in [1.807, 2.05) is 0 Å². The minimum atomic E-state index is -0.684. The maximum absolute atomic E-state index is 13.5. The summed E-state index contributed by atoms with van der Waals surface area (Å²) in [6.07, 6.45) is 0. The van der Waals surface area contributed by atoms with Crippen molar-refractivity contribution in [3.63, 3.8) is 0 Å². The molecule has 0 bridgehead atoms. The molecule has 0 unspecified atom stereocenters. The highest BCUT2D eigenvalue weighted by Gasteiger charge is 2.17. The summed E-state index contributed by atoms with van der Waals surface area (Å²) in [6, 6.07) is 5.27. The number of hydrogen-bond donors (Lipinski definition) is 1. The molecule has 0 saturated heterocycles. The number of anilines is 1. The molecule has 116 valence electrons. The van der Waals surface area contributed by atoms with E-state index >= 15 is 0 Å². The maximum Gasteiger partial charge on any atom is 0.342 e. The van der Waals surface area contributed by atoms with E-state index in [4.69, 9.17) is 20.8 Å². The molecular formula is C15H13ClFNO4. The number of nitrogens with one attached hydrogen (secondary N) is 1. The van der Waals surface area contributed by atoms with Gasteiger partial charge in [-0.05, 0) is 38.1 Å². The highest BCUT2D eigenvalue weighted by atomic mass is 35.5. The third-order valence-corrected chi connectivity index (χ3v) is 3.03. The van der Waals surface area contributed by atoms with Gasteiger partial charge in [-0.1, -0.05) is 11.6 Å². The highest BCUT2D eigenvalue weighted by Crippen LogP contribution is 2.19. The predicted octanol–water partition coefficient (Wildman–Crippen LogP) is 3.48. The number of esters is 1. The van der Waals surface area contributed by atoms with Crippen LogP contribution in [-0.2, 0) is 9.53 Å². The Labute approximate surface area is 131 Å². The van der Waals surface area contributed by atoms with Gasteiger partial charge in [0.1, 0.15) is 22.9 Å². The van der Waals surface area contributed by atoms with Crippen molar-refractivity contribution in [1.29, 1.82) is 0 Å². The van der Waals surface area contributed by atoms with Gasteiger partial charge >= 0.3 is 5.97 Å². The Morgan fingerprint density at radius 2 is 2.05 bits per heavy atom. The summed E-state index contributed by atoms with van der Waals surface area (Å²) in [7, 11) is 0. The number of ether oxygens (including phenoxy) is 1. The van der Waals surface area contributed by atoms with Crippen LogP contribution in [0.3, 0.4) is 0 Å². The lowest BCUT2D eigenvalue weighted by molar-refractivity contribution is -0.119. The third-order valence-electron chi connectivity index (χ3n) is 2.80. The molecular weight excluding hydrogens is 313 g/mol. The Balaban J connectivity index is 1.94. The van der Waals surface area contributed by atoms with Crippen LogP contribution in [0.25, 0.3) is 0 Å². The number of furan rings is 1. The molecule has 0 aliphatic rings. The van der Waals surface area contributed by atoms with Gasteiger partial charge in [0.05, 0.1) is 5.69 Å². The Kier molecular flexibility index (Phi) is 4.82. The van der Waals surface area contributed by atoms with Crippen molar-refractivity contribution in [2.75, 3.05) is 11.9 Å². The van der Waals surface area contributed by atoms with Crippen LogP contribution in [0.5, 0.6) is 0 Å². The van der Waals surface area contributed by atoms with Crippen LogP contribution in [0.2, 0.25) is 5.02 Å². The zero-order valence-electron chi connectivity index (χ0n) is 11.9. The molecule has 7 heteroatoms. The molecule has 1 heterocycles. The van der Waals surface area contributed by atoms with Gasteiger partial charge in [0, 0.05) is 5.02 Å². The molecule has 0 radical (unpaired) electrons. The second-order valence-electron chi connectivity index (χ2n) is 4.58. The van der Waals surface area contributed by atoms with Crippen LogP contribution in [-0.4, -0.2) is 18.5 Å². The molecule has 22 heavy (non-hydrogen) atoms. The molecule has 0 saturated carbocycles. The molecule has 1 aromatic heterocycles. The lowest BCUT2D eigenvalue weighted by Gasteiger charge is -2.07. The van der Waals surface area contributed by atoms with Gasteiger partial charge in [-0.2, -0.15) is 0 Å². The van der Waals surface area contributed by atoms with Crippen LogP contribution < -0.4 is 5.32 Å². The summed E-state index contributed by atoms with van der Waals surface area (Å²) in [5.74, 6) is -1.02. The van der Waals surface area contributed by atoms with Gasteiger partial charge in [0.15, 0.2) is 6.61 Å². The Morgan fingerprint density at radius 3 is 2.68 bits per heavy atom. The number of hydrogen-bond acceptors (Lipinski definition) is 4. The van der Waals surface area contributed by atoms with Gasteiger partial charge in [-0.3, -0.25) is 4.79 Å². The van der Waals surface area contributed by atoms with Crippen LogP contribution in [0.15, 0.2) is 28.7 Å². The Bertz CT molecular complexity index is 726. The number of aryl methyl sites for hydroxylation is 2. The van der Waals surface area contributed by atoms with E-state index in [0.717, 1.165) is 6.07 Å². The molecule has 0 fully saturated rings. The lowest BCUT2D eigenvalue weighted by atomic mass is 10.2. The molecule has 1 aromatic carbocycles. The standard InChI is InChI=1S/C15H13ClFNO4/c1-8-5-11(9(2)22-8)15(20)21-7-14(19)18-13-6-10(16)3-4-12(13)17/h3-6H,7H2,1-2H3,(H,18,19). The average Bonchev–Trinajstić information content (AvgIpc) is 2.79. The van der Waals surface area contributed by atoms with Crippen molar-refractivity contribution < 1.29 is 23.1 Å². The van der Waals surface area contributed by atoms with Crippen molar-refractivity contribution in [3.05, 3.63) is 52.2 Å². The number of halogens is 2. The van der Waals surface area contributed by atoms with E-state index in [9.17, 15) is 14.0 Å². The topological polar surface area (TPSA) is 68.5 Å². The molecule has 0 spiro atoms. The van der Waals surface area contributed by atoms with Crippen molar-refractivity contribution >= 4 is 29.2 Å². The average molecular weight is 326 g/mol. The van der Waals surface area contributed by atoms with E-state index < -0.39 is 24.3 Å². The van der Waals surface area contributed by atoms with Crippen molar-refractivity contribution in [1.82, 2.24) is 0 Å². The Hall–Kier alpha value is -2.34. The summed E-state index contributed by atoms with van der Waals surface area (Å²) in [4.78, 5) is 23.5. The first-order valence-corrected chi connectivity index (χ1v) is 6.73. The zero-order chi connectivity index (χ0) is 16.3. The molecule has 2 rings (SSSR count). The van der Waals surface area contributed by atoms with Gasteiger partial charge in [0.25, 0.3) is 5.91 Å². The number of amides is 1. The smallest absolute Gasteiger partial charge is 0.342 e. The van der Waals surface area contributed by atoms with Crippen LogP contribution >= 0.6 is 11.6 Å². The van der Waals surface area contributed by atoms with E-state index in [-0.39, 0.29) is 16.3 Å². The monoisotopic (exact) mass is 325 g/mol. The van der Waals surface area contributed by atoms with Gasteiger partial charge in [-0.15, -0.1) is 0 Å². The first-order valence-electron chi connectivity index (χ1n) is 6.36. The fraction of sp³-hybridized carbons (Fsp3) is 0.200. The quantitative estimate of drug-likeness (QED) is 0.874. The zero-order valence-corrected chi connectivity index (χ0v) is 12.7. The van der Waals surface area contributed by atoms with E-state index in [1.165, 1.54) is 18.2 Å². The van der Waals surface area contributed by atoms with Crippen molar-refractivity contribution in [3.8, 4) is 0 Å². The van der Waals surface area contributed by atoms with Crippen molar-refractivity contribution in [2.45, 2.75) is 13.8 Å². The second kappa shape index (κ2) is 6.62. The molecule has 0 atom stereocenters. The molecule has 2 aromatic rings. The summed E-state index contributed by atoms with van der Waals surface area (Å²) in [5, 5.41) is 2.55.